The van der Waals surface area contributed by atoms with Crippen LogP contribution in [0.25, 0.3) is 10.9 Å². The Hall–Kier alpha value is -3.61. The van der Waals surface area contributed by atoms with Gasteiger partial charge in [0.2, 0.25) is 0 Å². The lowest BCUT2D eigenvalue weighted by Crippen LogP contribution is -2.31. The van der Waals surface area contributed by atoms with Crippen LogP contribution in [0.2, 0.25) is 0 Å². The molecular weight excluding hydrogens is 408 g/mol. The SMILES string of the molecule is O=C1C(n2ccc3ccccc32)c2cccc(F)c2N1Cc1ccc(C(F)(F)F)cc1. The Kier molecular flexibility index (Phi) is 4.36. The molecule has 1 amide bonds. The second-order valence-electron chi connectivity index (χ2n) is 7.48. The molecule has 3 aromatic carbocycles. The van der Waals surface area contributed by atoms with Crippen molar-refractivity contribution < 1.29 is 22.4 Å². The highest BCUT2D eigenvalue weighted by atomic mass is 19.4. The normalized spacial score (nSPS) is 16.2. The van der Waals surface area contributed by atoms with Crippen molar-refractivity contribution in [2.45, 2.75) is 18.8 Å². The molecule has 2 heterocycles. The van der Waals surface area contributed by atoms with Crippen LogP contribution >= 0.6 is 0 Å². The second-order valence-corrected chi connectivity index (χ2v) is 7.48. The topological polar surface area (TPSA) is 25.2 Å². The Balaban J connectivity index is 1.56. The van der Waals surface area contributed by atoms with Crippen LogP contribution in [0.1, 0.15) is 22.7 Å². The summed E-state index contributed by atoms with van der Waals surface area (Å²) >= 11 is 0. The van der Waals surface area contributed by atoms with Gasteiger partial charge < -0.3 is 9.47 Å². The largest absolute Gasteiger partial charge is 0.416 e. The molecule has 0 N–H and O–H groups in total. The van der Waals surface area contributed by atoms with Crippen molar-refractivity contribution in [3.8, 4) is 0 Å². The lowest BCUT2D eigenvalue weighted by molar-refractivity contribution is -0.137. The summed E-state index contributed by atoms with van der Waals surface area (Å²) < 4.78 is 55.2. The van der Waals surface area contributed by atoms with Crippen LogP contribution in [0, 0.1) is 5.82 Å². The van der Waals surface area contributed by atoms with E-state index in [1.165, 1.54) is 23.1 Å². The van der Waals surface area contributed by atoms with Gasteiger partial charge in [0.15, 0.2) is 0 Å². The maximum Gasteiger partial charge on any atom is 0.416 e. The smallest absolute Gasteiger partial charge is 0.331 e. The number of para-hydroxylation sites is 2. The molecule has 7 heteroatoms. The van der Waals surface area contributed by atoms with Crippen molar-refractivity contribution in [3.63, 3.8) is 0 Å². The summed E-state index contributed by atoms with van der Waals surface area (Å²) in [5, 5.41) is 0.953. The summed E-state index contributed by atoms with van der Waals surface area (Å²) in [6.45, 7) is -0.0272. The summed E-state index contributed by atoms with van der Waals surface area (Å²) in [7, 11) is 0. The number of benzene rings is 3. The molecule has 0 fully saturated rings. The Morgan fingerprint density at radius 2 is 1.61 bits per heavy atom. The molecule has 5 rings (SSSR count). The zero-order valence-corrected chi connectivity index (χ0v) is 16.1. The van der Waals surface area contributed by atoms with E-state index in [4.69, 9.17) is 0 Å². The summed E-state index contributed by atoms with van der Waals surface area (Å²) in [5.74, 6) is -0.877. The third-order valence-corrected chi connectivity index (χ3v) is 5.61. The first-order chi connectivity index (χ1) is 14.8. The molecule has 3 nitrogen and oxygen atoms in total. The molecule has 1 unspecified atom stereocenters. The van der Waals surface area contributed by atoms with Gasteiger partial charge in [-0.15, -0.1) is 0 Å². The first kappa shape index (κ1) is 19.4. The number of hydrogen-bond acceptors (Lipinski definition) is 1. The molecule has 0 saturated heterocycles. The molecule has 0 spiro atoms. The lowest BCUT2D eigenvalue weighted by Gasteiger charge is -2.19. The van der Waals surface area contributed by atoms with Crippen LogP contribution in [0.15, 0.2) is 79.0 Å². The van der Waals surface area contributed by atoms with Crippen LogP contribution in [-0.4, -0.2) is 10.5 Å². The standard InChI is InChI=1S/C24H16F4N2O/c25-19-6-3-5-18-21(19)30(14-15-8-10-17(11-9-15)24(26,27)28)23(31)22(18)29-13-12-16-4-1-2-7-20(16)29/h1-13,22H,14H2. The number of anilines is 1. The van der Waals surface area contributed by atoms with Crippen LogP contribution in [0.5, 0.6) is 0 Å². The summed E-state index contributed by atoms with van der Waals surface area (Å²) in [5.41, 5.74) is 1.24. The Bertz CT molecular complexity index is 1290. The van der Waals surface area contributed by atoms with Gasteiger partial charge in [0.25, 0.3) is 5.91 Å². The minimum Gasteiger partial charge on any atom is -0.331 e. The molecule has 0 saturated carbocycles. The van der Waals surface area contributed by atoms with Crippen LogP contribution < -0.4 is 4.90 Å². The number of hydrogen-bond donors (Lipinski definition) is 0. The fraction of sp³-hybridized carbons (Fsp3) is 0.125. The number of carbonyl (C=O) groups excluding carboxylic acids is 1. The van der Waals surface area contributed by atoms with Gasteiger partial charge in [0.05, 0.1) is 17.8 Å². The highest BCUT2D eigenvalue weighted by molar-refractivity contribution is 6.05. The number of nitrogens with zero attached hydrogens (tertiary/aromatic N) is 2. The van der Waals surface area contributed by atoms with E-state index in [1.54, 1.807) is 18.3 Å². The Morgan fingerprint density at radius 1 is 0.871 bits per heavy atom. The van der Waals surface area contributed by atoms with Gasteiger partial charge in [0, 0.05) is 17.3 Å². The summed E-state index contributed by atoms with van der Waals surface area (Å²) in [4.78, 5) is 14.8. The van der Waals surface area contributed by atoms with Crippen LogP contribution in [0.4, 0.5) is 23.2 Å². The average molecular weight is 424 g/mol. The van der Waals surface area contributed by atoms with Crippen LogP contribution in [-0.2, 0) is 17.5 Å². The molecule has 156 valence electrons. The van der Waals surface area contributed by atoms with Crippen molar-refractivity contribution in [3.05, 3.63) is 102 Å². The first-order valence-corrected chi connectivity index (χ1v) is 9.66. The van der Waals surface area contributed by atoms with Crippen LogP contribution in [0.3, 0.4) is 0 Å². The molecule has 1 aliphatic rings. The van der Waals surface area contributed by atoms with Crippen molar-refractivity contribution in [2.24, 2.45) is 0 Å². The van der Waals surface area contributed by atoms with Crippen molar-refractivity contribution >= 4 is 22.5 Å². The van der Waals surface area contributed by atoms with E-state index < -0.39 is 23.6 Å². The number of amides is 1. The third kappa shape index (κ3) is 3.17. The third-order valence-electron chi connectivity index (χ3n) is 5.61. The molecule has 1 aliphatic heterocycles. The highest BCUT2D eigenvalue weighted by Gasteiger charge is 2.40. The zero-order chi connectivity index (χ0) is 21.8. The number of carbonyl (C=O) groups is 1. The monoisotopic (exact) mass is 424 g/mol. The molecule has 0 aliphatic carbocycles. The Morgan fingerprint density at radius 3 is 2.35 bits per heavy atom. The number of halogens is 4. The van der Waals surface area contributed by atoms with E-state index in [-0.39, 0.29) is 18.1 Å². The van der Waals surface area contributed by atoms with Crippen molar-refractivity contribution in [1.82, 2.24) is 4.57 Å². The van der Waals surface area contributed by atoms with Crippen molar-refractivity contribution in [1.29, 1.82) is 0 Å². The van der Waals surface area contributed by atoms with Gasteiger partial charge in [0.1, 0.15) is 11.9 Å². The second kappa shape index (κ2) is 6.97. The van der Waals surface area contributed by atoms with Gasteiger partial charge in [-0.25, -0.2) is 4.39 Å². The van der Waals surface area contributed by atoms with Crippen molar-refractivity contribution in [2.75, 3.05) is 4.90 Å². The lowest BCUT2D eigenvalue weighted by atomic mass is 10.1. The number of rotatable bonds is 3. The van der Waals surface area contributed by atoms with E-state index in [0.717, 1.165) is 23.0 Å². The van der Waals surface area contributed by atoms with Gasteiger partial charge in [-0.2, -0.15) is 13.2 Å². The minimum absolute atomic E-state index is 0.0272. The van der Waals surface area contributed by atoms with Gasteiger partial charge in [-0.1, -0.05) is 42.5 Å². The maximum absolute atomic E-state index is 14.8. The molecule has 0 bridgehead atoms. The van der Waals surface area contributed by atoms with E-state index in [2.05, 4.69) is 0 Å². The maximum atomic E-state index is 14.8. The molecule has 1 aromatic heterocycles. The molecular formula is C24H16F4N2O. The molecule has 31 heavy (non-hydrogen) atoms. The predicted molar refractivity (Wildman–Crippen MR) is 109 cm³/mol. The Labute approximate surface area is 175 Å². The number of aromatic nitrogens is 1. The predicted octanol–water partition coefficient (Wildman–Crippen LogP) is 5.94. The average Bonchev–Trinajstić information content (AvgIpc) is 3.27. The van der Waals surface area contributed by atoms with Gasteiger partial charge >= 0.3 is 6.18 Å². The summed E-state index contributed by atoms with van der Waals surface area (Å²) in [6.07, 6.45) is -2.65. The summed E-state index contributed by atoms with van der Waals surface area (Å²) in [6, 6.07) is 17.8. The van der Waals surface area contributed by atoms with E-state index in [1.807, 2.05) is 34.9 Å². The van der Waals surface area contributed by atoms with Gasteiger partial charge in [-0.05, 0) is 41.3 Å². The molecule has 1 atom stereocenters. The highest BCUT2D eigenvalue weighted by Crippen LogP contribution is 2.42. The quantitative estimate of drug-likeness (QED) is 0.374. The minimum atomic E-state index is -4.44. The van der Waals surface area contributed by atoms with E-state index >= 15 is 0 Å². The molecule has 0 radical (unpaired) electrons. The zero-order valence-electron chi connectivity index (χ0n) is 16.1. The first-order valence-electron chi connectivity index (χ1n) is 9.66. The molecule has 4 aromatic rings. The number of alkyl halides is 3. The fourth-order valence-electron chi connectivity index (χ4n) is 4.17. The number of fused-ring (bicyclic) bond motifs is 2. The van der Waals surface area contributed by atoms with E-state index in [0.29, 0.717) is 11.1 Å². The van der Waals surface area contributed by atoms with E-state index in [9.17, 15) is 22.4 Å². The van der Waals surface area contributed by atoms with Gasteiger partial charge in [-0.3, -0.25) is 4.79 Å². The fourth-order valence-corrected chi connectivity index (χ4v) is 4.17.